The van der Waals surface area contributed by atoms with Gasteiger partial charge >= 0.3 is 0 Å². The van der Waals surface area contributed by atoms with Gasteiger partial charge in [-0.25, -0.2) is 4.98 Å². The lowest BCUT2D eigenvalue weighted by Gasteiger charge is -2.17. The summed E-state index contributed by atoms with van der Waals surface area (Å²) in [7, 11) is 0. The first kappa shape index (κ1) is 14.6. The lowest BCUT2D eigenvalue weighted by molar-refractivity contribution is 0.0854. The van der Waals surface area contributed by atoms with Crippen LogP contribution in [0.15, 0.2) is 46.5 Å². The van der Waals surface area contributed by atoms with Crippen molar-refractivity contribution in [1.29, 1.82) is 0 Å². The topological polar surface area (TPSA) is 62.2 Å². The molecule has 1 amide bonds. The Morgan fingerprint density at radius 1 is 1.26 bits per heavy atom. The van der Waals surface area contributed by atoms with E-state index in [1.807, 2.05) is 41.1 Å². The number of hydrogen-bond donors (Lipinski definition) is 2. The van der Waals surface area contributed by atoms with Gasteiger partial charge in [0.05, 0.1) is 12.1 Å². The number of benzene rings is 1. The van der Waals surface area contributed by atoms with Crippen LogP contribution in [0.4, 0.5) is 0 Å². The maximum Gasteiger partial charge on any atom is 0.271 e. The molecule has 4 rings (SSSR count). The molecule has 0 saturated carbocycles. The summed E-state index contributed by atoms with van der Waals surface area (Å²) in [5.74, 6) is -0.247. The highest BCUT2D eigenvalue weighted by Gasteiger charge is 2.32. The highest BCUT2D eigenvalue weighted by Crippen LogP contribution is 2.32. The fourth-order valence-electron chi connectivity index (χ4n) is 2.86. The number of thiophene rings is 1. The summed E-state index contributed by atoms with van der Waals surface area (Å²) in [6, 6.07) is 9.43. The number of aromatic nitrogens is 1. The van der Waals surface area contributed by atoms with Crippen LogP contribution in [0, 0.1) is 0 Å². The van der Waals surface area contributed by atoms with Crippen LogP contribution in [0.1, 0.15) is 27.7 Å². The molecule has 116 valence electrons. The van der Waals surface area contributed by atoms with E-state index in [1.54, 1.807) is 16.7 Å². The highest BCUT2D eigenvalue weighted by molar-refractivity contribution is 7.14. The fraction of sp³-hybridized carbons (Fsp3) is 0.176. The minimum absolute atomic E-state index is 0.247. The standard InChI is InChI=1S/C17H14N2O2S2/c20-14-7-10-3-1-2-4-12(10)15(14)19-16(21)13-9-23-17(18-13)11-5-6-22-8-11/h1-6,8-9,14-15,20H,7H2,(H,19,21). The molecule has 2 aromatic heterocycles. The van der Waals surface area contributed by atoms with Crippen molar-refractivity contribution in [3.8, 4) is 10.6 Å². The second-order valence-electron chi connectivity index (χ2n) is 5.47. The normalized spacial score (nSPS) is 19.5. The third-order valence-corrected chi connectivity index (χ3v) is 5.57. The largest absolute Gasteiger partial charge is 0.390 e. The minimum atomic E-state index is -0.591. The van der Waals surface area contributed by atoms with Crippen LogP contribution in [-0.2, 0) is 6.42 Å². The number of hydrogen-bond acceptors (Lipinski definition) is 5. The van der Waals surface area contributed by atoms with Gasteiger partial charge in [-0.05, 0) is 22.6 Å². The van der Waals surface area contributed by atoms with Crippen molar-refractivity contribution in [3.05, 3.63) is 63.3 Å². The monoisotopic (exact) mass is 342 g/mol. The first-order valence-electron chi connectivity index (χ1n) is 7.27. The number of thiazole rings is 1. The molecule has 0 aliphatic heterocycles. The number of nitrogens with zero attached hydrogens (tertiary/aromatic N) is 1. The van der Waals surface area contributed by atoms with Gasteiger partial charge in [-0.3, -0.25) is 4.79 Å². The van der Waals surface area contributed by atoms with Gasteiger partial charge in [0.15, 0.2) is 0 Å². The smallest absolute Gasteiger partial charge is 0.271 e. The molecule has 0 saturated heterocycles. The molecule has 2 heterocycles. The van der Waals surface area contributed by atoms with E-state index >= 15 is 0 Å². The molecule has 2 unspecified atom stereocenters. The van der Waals surface area contributed by atoms with Crippen LogP contribution in [0.2, 0.25) is 0 Å². The number of rotatable bonds is 3. The molecule has 1 aliphatic rings. The number of aliphatic hydroxyl groups excluding tert-OH is 1. The molecule has 0 spiro atoms. The van der Waals surface area contributed by atoms with Crippen molar-refractivity contribution < 1.29 is 9.90 Å². The molecule has 23 heavy (non-hydrogen) atoms. The Morgan fingerprint density at radius 3 is 2.96 bits per heavy atom. The molecule has 3 aromatic rings. The third-order valence-electron chi connectivity index (χ3n) is 4.00. The van der Waals surface area contributed by atoms with Crippen LogP contribution in [0.25, 0.3) is 10.6 Å². The SMILES string of the molecule is O=C(NC1c2ccccc2CC1O)c1csc(-c2ccsc2)n1. The van der Waals surface area contributed by atoms with Crippen molar-refractivity contribution in [2.75, 3.05) is 0 Å². The summed E-state index contributed by atoms with van der Waals surface area (Å²) >= 11 is 3.06. The molecule has 0 bridgehead atoms. The Labute approximate surface area is 141 Å². The van der Waals surface area contributed by atoms with Gasteiger partial charge in [-0.2, -0.15) is 11.3 Å². The van der Waals surface area contributed by atoms with E-state index in [1.165, 1.54) is 11.3 Å². The van der Waals surface area contributed by atoms with Crippen molar-refractivity contribution in [1.82, 2.24) is 10.3 Å². The maximum atomic E-state index is 12.5. The molecule has 2 N–H and O–H groups in total. The van der Waals surface area contributed by atoms with Crippen molar-refractivity contribution >= 4 is 28.6 Å². The van der Waals surface area contributed by atoms with E-state index in [0.29, 0.717) is 12.1 Å². The Hall–Kier alpha value is -2.02. The first-order chi connectivity index (χ1) is 11.2. The van der Waals surface area contributed by atoms with E-state index in [-0.39, 0.29) is 11.9 Å². The first-order valence-corrected chi connectivity index (χ1v) is 9.09. The summed E-state index contributed by atoms with van der Waals surface area (Å²) in [6.07, 6.45) is -0.0236. The molecule has 6 heteroatoms. The van der Waals surface area contributed by atoms with Crippen molar-refractivity contribution in [2.45, 2.75) is 18.6 Å². The second kappa shape index (κ2) is 5.88. The Morgan fingerprint density at radius 2 is 2.13 bits per heavy atom. The number of carbonyl (C=O) groups is 1. The van der Waals surface area contributed by atoms with Gasteiger partial charge in [-0.15, -0.1) is 11.3 Å². The van der Waals surface area contributed by atoms with E-state index < -0.39 is 6.10 Å². The average molecular weight is 342 g/mol. The van der Waals surface area contributed by atoms with Gasteiger partial charge in [0.25, 0.3) is 5.91 Å². The average Bonchev–Trinajstić information content (AvgIpc) is 3.27. The number of amides is 1. The fourth-order valence-corrected chi connectivity index (χ4v) is 4.37. The van der Waals surface area contributed by atoms with Gasteiger partial charge in [-0.1, -0.05) is 24.3 Å². The van der Waals surface area contributed by atoms with Crippen LogP contribution in [-0.4, -0.2) is 22.1 Å². The zero-order valence-corrected chi connectivity index (χ0v) is 13.7. The highest BCUT2D eigenvalue weighted by atomic mass is 32.1. The second-order valence-corrected chi connectivity index (χ2v) is 7.11. The zero-order chi connectivity index (χ0) is 15.8. The van der Waals surface area contributed by atoms with Crippen molar-refractivity contribution in [3.63, 3.8) is 0 Å². The minimum Gasteiger partial charge on any atom is -0.390 e. The van der Waals surface area contributed by atoms with Crippen LogP contribution in [0.3, 0.4) is 0 Å². The summed E-state index contributed by atoms with van der Waals surface area (Å²) in [5, 5.41) is 19.7. The van der Waals surface area contributed by atoms with Gasteiger partial charge in [0.1, 0.15) is 10.7 Å². The quantitative estimate of drug-likeness (QED) is 0.768. The van der Waals surface area contributed by atoms with Gasteiger partial charge in [0.2, 0.25) is 0 Å². The molecular weight excluding hydrogens is 328 g/mol. The Kier molecular flexibility index (Phi) is 3.72. The number of aliphatic hydroxyl groups is 1. The summed E-state index contributed by atoms with van der Waals surface area (Å²) in [4.78, 5) is 16.9. The van der Waals surface area contributed by atoms with E-state index in [4.69, 9.17) is 0 Å². The third kappa shape index (κ3) is 2.69. The molecular formula is C17H14N2O2S2. The van der Waals surface area contributed by atoms with Crippen molar-refractivity contribution in [2.24, 2.45) is 0 Å². The van der Waals surface area contributed by atoms with Crippen LogP contribution >= 0.6 is 22.7 Å². The molecule has 0 radical (unpaired) electrons. The van der Waals surface area contributed by atoms with Gasteiger partial charge < -0.3 is 10.4 Å². The number of nitrogens with one attached hydrogen (secondary N) is 1. The molecule has 0 fully saturated rings. The Bertz CT molecular complexity index is 842. The number of fused-ring (bicyclic) bond motifs is 1. The summed E-state index contributed by atoms with van der Waals surface area (Å²) < 4.78 is 0. The summed E-state index contributed by atoms with van der Waals surface area (Å²) in [5.41, 5.74) is 3.50. The number of carbonyl (C=O) groups excluding carboxylic acids is 1. The summed E-state index contributed by atoms with van der Waals surface area (Å²) in [6.45, 7) is 0. The molecule has 1 aliphatic carbocycles. The van der Waals surface area contributed by atoms with Crippen LogP contribution in [0.5, 0.6) is 0 Å². The van der Waals surface area contributed by atoms with E-state index in [2.05, 4.69) is 10.3 Å². The molecule has 2 atom stereocenters. The van der Waals surface area contributed by atoms with E-state index in [0.717, 1.165) is 21.7 Å². The Balaban J connectivity index is 1.55. The van der Waals surface area contributed by atoms with E-state index in [9.17, 15) is 9.90 Å². The zero-order valence-electron chi connectivity index (χ0n) is 12.1. The predicted octanol–water partition coefficient (Wildman–Crippen LogP) is 3.26. The molecule has 4 nitrogen and oxygen atoms in total. The molecule has 1 aromatic carbocycles. The lowest BCUT2D eigenvalue weighted by Crippen LogP contribution is -2.34. The maximum absolute atomic E-state index is 12.5. The van der Waals surface area contributed by atoms with Crippen LogP contribution < -0.4 is 5.32 Å². The lowest BCUT2D eigenvalue weighted by atomic mass is 10.1. The van der Waals surface area contributed by atoms with Gasteiger partial charge in [0, 0.05) is 22.7 Å². The predicted molar refractivity (Wildman–Crippen MR) is 91.8 cm³/mol.